The molecular formula is C19H24F3N5O2. The van der Waals surface area contributed by atoms with E-state index < -0.39 is 17.9 Å². The van der Waals surface area contributed by atoms with E-state index in [9.17, 15) is 18.0 Å². The fourth-order valence-electron chi connectivity index (χ4n) is 3.09. The second kappa shape index (κ2) is 9.17. The van der Waals surface area contributed by atoms with Gasteiger partial charge in [-0.15, -0.1) is 0 Å². The first kappa shape index (κ1) is 21.0. The van der Waals surface area contributed by atoms with Gasteiger partial charge in [0.2, 0.25) is 0 Å². The van der Waals surface area contributed by atoms with Crippen molar-refractivity contribution in [2.24, 2.45) is 10.9 Å². The van der Waals surface area contributed by atoms with E-state index in [1.165, 1.54) is 0 Å². The third-order valence-corrected chi connectivity index (χ3v) is 4.62. The Kier molecular flexibility index (Phi) is 6.63. The number of halogens is 3. The lowest BCUT2D eigenvalue weighted by molar-refractivity contribution is -0.0967. The molecule has 1 aromatic rings. The lowest BCUT2D eigenvalue weighted by Gasteiger charge is -2.23. The van der Waals surface area contributed by atoms with Crippen LogP contribution in [0.3, 0.4) is 0 Å². The van der Waals surface area contributed by atoms with Crippen molar-refractivity contribution in [2.75, 3.05) is 31.6 Å². The average molecular weight is 411 g/mol. The molecule has 10 heteroatoms. The third-order valence-electron chi connectivity index (χ3n) is 4.62. The molecule has 29 heavy (non-hydrogen) atoms. The molecule has 2 heterocycles. The third kappa shape index (κ3) is 6.11. The number of aryl methyl sites for hydroxylation is 1. The van der Waals surface area contributed by atoms with E-state index in [0.717, 1.165) is 31.5 Å². The van der Waals surface area contributed by atoms with E-state index in [1.807, 2.05) is 13.0 Å². The van der Waals surface area contributed by atoms with Gasteiger partial charge in [-0.25, -0.2) is 9.79 Å². The van der Waals surface area contributed by atoms with Gasteiger partial charge in [0.25, 0.3) is 0 Å². The number of allylic oxidation sites excluding steroid dienone is 1. The Balaban J connectivity index is 1.60. The van der Waals surface area contributed by atoms with Crippen LogP contribution in [0.25, 0.3) is 0 Å². The summed E-state index contributed by atoms with van der Waals surface area (Å²) < 4.78 is 43.7. The van der Waals surface area contributed by atoms with Crippen molar-refractivity contribution in [1.29, 1.82) is 0 Å². The second-order valence-electron chi connectivity index (χ2n) is 7.07. The first-order valence-corrected chi connectivity index (χ1v) is 9.41. The molecule has 2 aliphatic heterocycles. The Morgan fingerprint density at radius 3 is 2.83 bits per heavy atom. The number of hydrogen-bond donors (Lipinski definition) is 4. The molecule has 1 fully saturated rings. The van der Waals surface area contributed by atoms with E-state index in [1.54, 1.807) is 12.1 Å². The van der Waals surface area contributed by atoms with Gasteiger partial charge in [0.1, 0.15) is 17.3 Å². The maximum Gasteiger partial charge on any atom is 0.432 e. The summed E-state index contributed by atoms with van der Waals surface area (Å²) >= 11 is 0. The Hall–Kier alpha value is -2.75. The van der Waals surface area contributed by atoms with Crippen molar-refractivity contribution in [2.45, 2.75) is 25.9 Å². The van der Waals surface area contributed by atoms with E-state index >= 15 is 0 Å². The smallest absolute Gasteiger partial charge is 0.432 e. The normalized spacial score (nSPS) is 19.5. The molecule has 0 radical (unpaired) electrons. The highest BCUT2D eigenvalue weighted by molar-refractivity contribution is 6.05. The van der Waals surface area contributed by atoms with Crippen LogP contribution in [0.4, 0.5) is 23.7 Å². The van der Waals surface area contributed by atoms with Gasteiger partial charge in [0.15, 0.2) is 0 Å². The number of carbonyl (C=O) groups is 1. The SMILES string of the molecule is Cc1ccc(OCC2CCCNC2)c(NC(=O)NC2=NC=C(C(F)(F)F)NC2)c1. The van der Waals surface area contributed by atoms with Gasteiger partial charge >= 0.3 is 12.2 Å². The summed E-state index contributed by atoms with van der Waals surface area (Å²) in [4.78, 5) is 15.9. The topological polar surface area (TPSA) is 86.8 Å². The highest BCUT2D eigenvalue weighted by Crippen LogP contribution is 2.27. The quantitative estimate of drug-likeness (QED) is 0.614. The number of aliphatic imine (C=N–C) groups is 1. The van der Waals surface area contributed by atoms with Gasteiger partial charge < -0.3 is 20.7 Å². The molecule has 1 saturated heterocycles. The minimum atomic E-state index is -4.50. The van der Waals surface area contributed by atoms with Crippen LogP contribution in [0.1, 0.15) is 18.4 Å². The van der Waals surface area contributed by atoms with Crippen molar-refractivity contribution >= 4 is 17.6 Å². The highest BCUT2D eigenvalue weighted by Gasteiger charge is 2.35. The van der Waals surface area contributed by atoms with Crippen LogP contribution in [0, 0.1) is 12.8 Å². The number of urea groups is 1. The minimum absolute atomic E-state index is 0.0823. The van der Waals surface area contributed by atoms with Crippen LogP contribution in [-0.2, 0) is 0 Å². The number of piperidine rings is 1. The number of amidine groups is 1. The lowest BCUT2D eigenvalue weighted by Crippen LogP contribution is -2.43. The zero-order valence-electron chi connectivity index (χ0n) is 16.0. The molecule has 0 saturated carbocycles. The number of carbonyl (C=O) groups excluding carboxylic acids is 1. The van der Waals surface area contributed by atoms with E-state index in [-0.39, 0.29) is 12.4 Å². The average Bonchev–Trinajstić information content (AvgIpc) is 2.68. The van der Waals surface area contributed by atoms with Gasteiger partial charge in [-0.1, -0.05) is 6.07 Å². The number of nitrogens with one attached hydrogen (secondary N) is 4. The fourth-order valence-corrected chi connectivity index (χ4v) is 3.09. The first-order chi connectivity index (χ1) is 13.8. The zero-order chi connectivity index (χ0) is 20.9. The summed E-state index contributed by atoms with van der Waals surface area (Å²) in [5.74, 6) is 1.03. The standard InChI is InChI=1S/C19H24F3N5O2/c1-12-4-5-15(29-11-13-3-2-6-23-8-13)14(7-12)26-18(28)27-17-10-24-16(9-25-17)19(20,21)22/h4-5,7,9,13,23-24H,2-3,6,8,10-11H2,1H3,(H2,25,26,27,28). The largest absolute Gasteiger partial charge is 0.491 e. The molecule has 0 aliphatic carbocycles. The Morgan fingerprint density at radius 2 is 2.17 bits per heavy atom. The number of benzene rings is 1. The molecule has 1 aromatic carbocycles. The Labute approximate surface area is 166 Å². The molecular weight excluding hydrogens is 387 g/mol. The van der Waals surface area contributed by atoms with Crippen molar-refractivity contribution in [3.05, 3.63) is 35.7 Å². The monoisotopic (exact) mass is 411 g/mol. The summed E-state index contributed by atoms with van der Waals surface area (Å²) in [7, 11) is 0. The number of nitrogens with zero attached hydrogens (tertiary/aromatic N) is 1. The number of alkyl halides is 3. The van der Waals surface area contributed by atoms with Crippen LogP contribution in [0.2, 0.25) is 0 Å². The molecule has 2 aliphatic rings. The molecule has 0 bridgehead atoms. The van der Waals surface area contributed by atoms with Crippen molar-refractivity contribution in [3.8, 4) is 5.75 Å². The predicted octanol–water partition coefficient (Wildman–Crippen LogP) is 2.90. The van der Waals surface area contributed by atoms with Crippen LogP contribution < -0.4 is 26.0 Å². The number of ether oxygens (including phenoxy) is 1. The van der Waals surface area contributed by atoms with E-state index in [2.05, 4.69) is 26.3 Å². The molecule has 7 nitrogen and oxygen atoms in total. The summed E-state index contributed by atoms with van der Waals surface area (Å²) in [5.41, 5.74) is 0.471. The molecule has 1 atom stereocenters. The second-order valence-corrected chi connectivity index (χ2v) is 7.07. The van der Waals surface area contributed by atoms with Gasteiger partial charge in [0.05, 0.1) is 25.0 Å². The zero-order valence-corrected chi connectivity index (χ0v) is 16.0. The number of hydrogen-bond acceptors (Lipinski definition) is 5. The van der Waals surface area contributed by atoms with Crippen molar-refractivity contribution in [1.82, 2.24) is 16.0 Å². The number of rotatable bonds is 4. The van der Waals surface area contributed by atoms with Crippen LogP contribution in [-0.4, -0.2) is 44.3 Å². The van der Waals surface area contributed by atoms with E-state index in [0.29, 0.717) is 30.2 Å². The van der Waals surface area contributed by atoms with E-state index in [4.69, 9.17) is 4.74 Å². The maximum absolute atomic E-state index is 12.6. The predicted molar refractivity (Wildman–Crippen MR) is 104 cm³/mol. The Bertz CT molecular complexity index is 802. The molecule has 158 valence electrons. The van der Waals surface area contributed by atoms with Crippen LogP contribution in [0.15, 0.2) is 35.1 Å². The molecule has 3 rings (SSSR count). The van der Waals surface area contributed by atoms with Crippen LogP contribution in [0.5, 0.6) is 5.75 Å². The van der Waals surface area contributed by atoms with Gasteiger partial charge in [-0.05, 0) is 44.0 Å². The van der Waals surface area contributed by atoms with Gasteiger partial charge in [-0.2, -0.15) is 13.2 Å². The minimum Gasteiger partial charge on any atom is -0.491 e. The molecule has 1 unspecified atom stereocenters. The summed E-state index contributed by atoms with van der Waals surface area (Å²) in [6.45, 7) is 4.11. The van der Waals surface area contributed by atoms with Crippen molar-refractivity contribution < 1.29 is 22.7 Å². The maximum atomic E-state index is 12.6. The summed E-state index contributed by atoms with van der Waals surface area (Å²) in [6.07, 6.45) is -1.66. The highest BCUT2D eigenvalue weighted by atomic mass is 19.4. The number of anilines is 1. The fraction of sp³-hybridized carbons (Fsp3) is 0.474. The van der Waals surface area contributed by atoms with Crippen molar-refractivity contribution in [3.63, 3.8) is 0 Å². The Morgan fingerprint density at radius 1 is 1.34 bits per heavy atom. The first-order valence-electron chi connectivity index (χ1n) is 9.41. The van der Waals surface area contributed by atoms with Gasteiger partial charge in [0, 0.05) is 12.5 Å². The number of amides is 2. The van der Waals surface area contributed by atoms with Gasteiger partial charge in [-0.3, -0.25) is 5.32 Å². The van der Waals surface area contributed by atoms with Crippen LogP contribution >= 0.6 is 0 Å². The lowest BCUT2D eigenvalue weighted by atomic mass is 10.0. The molecule has 2 amide bonds. The molecule has 4 N–H and O–H groups in total. The summed E-state index contributed by atoms with van der Waals surface area (Å²) in [6, 6.07) is 4.84. The molecule has 0 spiro atoms. The summed E-state index contributed by atoms with van der Waals surface area (Å²) in [5, 5.41) is 10.7. The molecule has 0 aromatic heterocycles.